The van der Waals surface area contributed by atoms with Gasteiger partial charge >= 0.3 is 5.97 Å². The van der Waals surface area contributed by atoms with Gasteiger partial charge in [0.15, 0.2) is 6.10 Å². The zero-order valence-corrected chi connectivity index (χ0v) is 15.9. The van der Waals surface area contributed by atoms with Crippen molar-refractivity contribution in [1.29, 1.82) is 0 Å². The fourth-order valence-electron chi connectivity index (χ4n) is 2.52. The molecule has 0 aromatic heterocycles. The van der Waals surface area contributed by atoms with Gasteiger partial charge in [0.1, 0.15) is 11.5 Å². The number of para-hydroxylation sites is 2. The van der Waals surface area contributed by atoms with Crippen LogP contribution >= 0.6 is 0 Å². The number of anilines is 1. The van der Waals surface area contributed by atoms with E-state index >= 15 is 0 Å². The van der Waals surface area contributed by atoms with Crippen LogP contribution in [-0.4, -0.2) is 36.0 Å². The first-order valence-electron chi connectivity index (χ1n) is 9.05. The lowest BCUT2D eigenvalue weighted by molar-refractivity contribution is -0.384. The van der Waals surface area contributed by atoms with Crippen molar-refractivity contribution in [3.63, 3.8) is 0 Å². The molecule has 0 bridgehead atoms. The van der Waals surface area contributed by atoms with E-state index in [2.05, 4.69) is 10.6 Å². The first-order valence-corrected chi connectivity index (χ1v) is 9.05. The second kappa shape index (κ2) is 10.7. The number of rotatable bonds is 10. The minimum Gasteiger partial charge on any atom is -0.452 e. The number of nitro benzene ring substituents is 1. The number of hydrogen-bond acceptors (Lipinski definition) is 6. The summed E-state index contributed by atoms with van der Waals surface area (Å²) in [6.07, 6.45) is -0.507. The highest BCUT2D eigenvalue weighted by Crippen LogP contribution is 2.22. The molecule has 2 aromatic rings. The summed E-state index contributed by atoms with van der Waals surface area (Å²) in [6, 6.07) is 12.1. The van der Waals surface area contributed by atoms with E-state index in [0.29, 0.717) is 18.7 Å². The van der Waals surface area contributed by atoms with E-state index in [9.17, 15) is 24.1 Å². The Hall–Kier alpha value is -3.49. The smallest absolute Gasteiger partial charge is 0.308 e. The third kappa shape index (κ3) is 7.21. The summed E-state index contributed by atoms with van der Waals surface area (Å²) in [5.74, 6) is -1.36. The van der Waals surface area contributed by atoms with Crippen molar-refractivity contribution in [3.05, 3.63) is 70.0 Å². The summed E-state index contributed by atoms with van der Waals surface area (Å²) in [6.45, 7) is 1.91. The fraction of sp³-hybridized carbons (Fsp3) is 0.300. The van der Waals surface area contributed by atoms with Crippen molar-refractivity contribution in [2.24, 2.45) is 0 Å². The predicted octanol–water partition coefficient (Wildman–Crippen LogP) is 2.83. The van der Waals surface area contributed by atoms with Gasteiger partial charge in [0, 0.05) is 19.2 Å². The Morgan fingerprint density at radius 1 is 1.14 bits per heavy atom. The number of nitrogens with zero attached hydrogens (tertiary/aromatic N) is 1. The molecular weight excluding hydrogens is 381 g/mol. The summed E-state index contributed by atoms with van der Waals surface area (Å²) in [5.41, 5.74) is 1.09. The van der Waals surface area contributed by atoms with E-state index in [-0.39, 0.29) is 24.5 Å². The molecule has 0 radical (unpaired) electrons. The van der Waals surface area contributed by atoms with E-state index in [1.807, 2.05) is 0 Å². The van der Waals surface area contributed by atoms with Crippen molar-refractivity contribution in [1.82, 2.24) is 5.32 Å². The van der Waals surface area contributed by atoms with Gasteiger partial charge in [-0.3, -0.25) is 19.7 Å². The minimum atomic E-state index is -0.971. The minimum absolute atomic E-state index is 0.0563. The van der Waals surface area contributed by atoms with Crippen LogP contribution in [0, 0.1) is 15.9 Å². The highest BCUT2D eigenvalue weighted by molar-refractivity contribution is 5.83. The van der Waals surface area contributed by atoms with Crippen molar-refractivity contribution in [3.8, 4) is 0 Å². The second-order valence-corrected chi connectivity index (χ2v) is 6.25. The number of carbonyl (C=O) groups is 2. The maximum Gasteiger partial charge on any atom is 0.308 e. The molecule has 154 valence electrons. The molecule has 2 rings (SSSR count). The van der Waals surface area contributed by atoms with Crippen molar-refractivity contribution >= 4 is 23.3 Å². The first kappa shape index (κ1) is 21.8. The molecule has 8 nitrogen and oxygen atoms in total. The van der Waals surface area contributed by atoms with Crippen LogP contribution in [-0.2, 0) is 20.7 Å². The number of ether oxygens (including phenoxy) is 1. The average Bonchev–Trinajstić information content (AvgIpc) is 2.69. The molecule has 9 heteroatoms. The Balaban J connectivity index is 1.69. The fourth-order valence-corrected chi connectivity index (χ4v) is 2.52. The van der Waals surface area contributed by atoms with Crippen molar-refractivity contribution in [2.45, 2.75) is 25.9 Å². The molecule has 1 atom stereocenters. The van der Waals surface area contributed by atoms with Gasteiger partial charge in [0.2, 0.25) is 0 Å². The van der Waals surface area contributed by atoms with Crippen LogP contribution in [0.4, 0.5) is 15.8 Å². The lowest BCUT2D eigenvalue weighted by Gasteiger charge is -2.14. The Morgan fingerprint density at radius 3 is 2.52 bits per heavy atom. The van der Waals surface area contributed by atoms with Crippen LogP contribution in [0.25, 0.3) is 0 Å². The predicted molar refractivity (Wildman–Crippen MR) is 105 cm³/mol. The Morgan fingerprint density at radius 2 is 1.83 bits per heavy atom. The van der Waals surface area contributed by atoms with Gasteiger partial charge in [-0.05, 0) is 37.1 Å². The third-order valence-electron chi connectivity index (χ3n) is 4.05. The Labute approximate surface area is 167 Å². The topological polar surface area (TPSA) is 111 Å². The molecule has 2 N–H and O–H groups in total. The SMILES string of the molecule is CC(OC(=O)CCNc1ccccc1[N+](=O)[O-])C(=O)NCCc1ccc(F)cc1. The number of amides is 1. The molecule has 2 aromatic carbocycles. The summed E-state index contributed by atoms with van der Waals surface area (Å²) in [5, 5.41) is 16.4. The molecule has 0 aliphatic heterocycles. The van der Waals surface area contributed by atoms with E-state index in [0.717, 1.165) is 5.56 Å². The lowest BCUT2D eigenvalue weighted by Crippen LogP contribution is -2.37. The van der Waals surface area contributed by atoms with E-state index in [4.69, 9.17) is 4.74 Å². The number of halogens is 1. The van der Waals surface area contributed by atoms with Crippen LogP contribution in [0.1, 0.15) is 18.9 Å². The number of carbonyl (C=O) groups excluding carboxylic acids is 2. The summed E-state index contributed by atoms with van der Waals surface area (Å²) in [7, 11) is 0. The van der Waals surface area contributed by atoms with Gasteiger partial charge in [-0.2, -0.15) is 0 Å². The van der Waals surface area contributed by atoms with Gasteiger partial charge in [-0.1, -0.05) is 24.3 Å². The zero-order valence-electron chi connectivity index (χ0n) is 15.9. The molecule has 0 spiro atoms. The highest BCUT2D eigenvalue weighted by atomic mass is 19.1. The maximum atomic E-state index is 12.9. The third-order valence-corrected chi connectivity index (χ3v) is 4.05. The molecule has 29 heavy (non-hydrogen) atoms. The van der Waals surface area contributed by atoms with Crippen molar-refractivity contribution < 1.29 is 23.6 Å². The molecule has 0 aliphatic carbocycles. The van der Waals surface area contributed by atoms with Crippen LogP contribution in [0.15, 0.2) is 48.5 Å². The Kier molecular flexibility index (Phi) is 8.08. The van der Waals surface area contributed by atoms with Crippen LogP contribution in [0.3, 0.4) is 0 Å². The normalized spacial score (nSPS) is 11.4. The largest absolute Gasteiger partial charge is 0.452 e. The standard InChI is InChI=1S/C20H22FN3O5/c1-14(20(26)23-12-10-15-6-8-16(21)9-7-15)29-19(25)11-13-22-17-4-2-3-5-18(17)24(27)28/h2-9,14,22H,10-13H2,1H3,(H,23,26). The van der Waals surface area contributed by atoms with Gasteiger partial charge in [-0.15, -0.1) is 0 Å². The summed E-state index contributed by atoms with van der Waals surface area (Å²) >= 11 is 0. The molecule has 0 saturated heterocycles. The summed E-state index contributed by atoms with van der Waals surface area (Å²) in [4.78, 5) is 34.3. The molecule has 1 unspecified atom stereocenters. The number of nitrogens with one attached hydrogen (secondary N) is 2. The van der Waals surface area contributed by atoms with Gasteiger partial charge < -0.3 is 15.4 Å². The molecule has 0 fully saturated rings. The van der Waals surface area contributed by atoms with Crippen LogP contribution in [0.5, 0.6) is 0 Å². The molecule has 0 heterocycles. The Bertz CT molecular complexity index is 857. The number of hydrogen-bond donors (Lipinski definition) is 2. The molecular formula is C20H22FN3O5. The zero-order chi connectivity index (χ0) is 21.2. The lowest BCUT2D eigenvalue weighted by atomic mass is 10.1. The number of benzene rings is 2. The second-order valence-electron chi connectivity index (χ2n) is 6.25. The molecule has 1 amide bonds. The van der Waals surface area contributed by atoms with E-state index < -0.39 is 22.9 Å². The van der Waals surface area contributed by atoms with E-state index in [1.165, 1.54) is 25.1 Å². The maximum absolute atomic E-state index is 12.9. The van der Waals surface area contributed by atoms with Gasteiger partial charge in [-0.25, -0.2) is 4.39 Å². The van der Waals surface area contributed by atoms with Gasteiger partial charge in [0.05, 0.1) is 11.3 Å². The number of nitro groups is 1. The first-order chi connectivity index (χ1) is 13.9. The van der Waals surface area contributed by atoms with Crippen LogP contribution < -0.4 is 10.6 Å². The monoisotopic (exact) mass is 403 g/mol. The number of esters is 1. The van der Waals surface area contributed by atoms with Gasteiger partial charge in [0.25, 0.3) is 11.6 Å². The van der Waals surface area contributed by atoms with Crippen LogP contribution in [0.2, 0.25) is 0 Å². The quantitative estimate of drug-likeness (QED) is 0.359. The van der Waals surface area contributed by atoms with Crippen molar-refractivity contribution in [2.75, 3.05) is 18.4 Å². The summed E-state index contributed by atoms with van der Waals surface area (Å²) < 4.78 is 17.9. The average molecular weight is 403 g/mol. The highest BCUT2D eigenvalue weighted by Gasteiger charge is 2.18. The molecule has 0 aliphatic rings. The molecule has 0 saturated carbocycles. The van der Waals surface area contributed by atoms with E-state index in [1.54, 1.807) is 30.3 Å².